The lowest BCUT2D eigenvalue weighted by Crippen LogP contribution is -2.31. The molecule has 11 heteroatoms. The average Bonchev–Trinajstić information content (AvgIpc) is 2.64. The van der Waals surface area contributed by atoms with Crippen molar-refractivity contribution in [1.82, 2.24) is 19.7 Å². The van der Waals surface area contributed by atoms with E-state index in [0.29, 0.717) is 5.69 Å². The fourth-order valence-corrected chi connectivity index (χ4v) is 2.74. The maximum atomic E-state index is 13.6. The van der Waals surface area contributed by atoms with Crippen molar-refractivity contribution in [2.45, 2.75) is 32.5 Å². The topological polar surface area (TPSA) is 89.8 Å². The quantitative estimate of drug-likeness (QED) is 0.669. The van der Waals surface area contributed by atoms with Gasteiger partial charge in [0, 0.05) is 5.39 Å². The molecule has 2 heterocycles. The summed E-state index contributed by atoms with van der Waals surface area (Å²) in [5.74, 6) is -2.32. The molecule has 3 aromatic rings. The van der Waals surface area contributed by atoms with Crippen LogP contribution in [0, 0.1) is 5.82 Å². The number of alkyl halides is 3. The van der Waals surface area contributed by atoms with Gasteiger partial charge in [0.1, 0.15) is 12.9 Å². The minimum Gasteiger partial charge on any atom is -0.307 e. The first-order chi connectivity index (χ1) is 13.6. The van der Waals surface area contributed by atoms with Crippen LogP contribution in [0.5, 0.6) is 0 Å². The van der Waals surface area contributed by atoms with Crippen molar-refractivity contribution in [3.63, 3.8) is 0 Å². The van der Waals surface area contributed by atoms with Crippen LogP contribution in [-0.4, -0.2) is 25.7 Å². The van der Waals surface area contributed by atoms with Crippen molar-refractivity contribution >= 4 is 22.5 Å². The summed E-state index contributed by atoms with van der Waals surface area (Å²) < 4.78 is 53.5. The van der Waals surface area contributed by atoms with Crippen molar-refractivity contribution in [3.8, 4) is 0 Å². The number of anilines is 1. The number of hydrogen-bond donors (Lipinski definition) is 1. The van der Waals surface area contributed by atoms with Gasteiger partial charge in [0.2, 0.25) is 5.91 Å². The largest absolute Gasteiger partial charge is 0.416 e. The maximum absolute atomic E-state index is 13.6. The number of benzene rings is 1. The molecule has 0 fully saturated rings. The molecule has 29 heavy (non-hydrogen) atoms. The Bertz CT molecular complexity index is 1140. The van der Waals surface area contributed by atoms with Crippen LogP contribution in [0.3, 0.4) is 0 Å². The third-order valence-electron chi connectivity index (χ3n) is 4.08. The highest BCUT2D eigenvalue weighted by molar-refractivity contribution is 5.90. The van der Waals surface area contributed by atoms with E-state index in [4.69, 9.17) is 0 Å². The van der Waals surface area contributed by atoms with E-state index in [0.717, 1.165) is 29.3 Å². The standard InChI is InChI=1S/C18H15F4N5O2/c1-9(2)15-11-4-3-10(18(20,21)22)5-12(11)17(29)27(26-15)7-14(28)25-16-13(19)6-23-8-24-16/h3-6,8-9H,7H2,1-2H3,(H,23,24,25,28). The fraction of sp³-hybridized carbons (Fsp3) is 0.278. The van der Waals surface area contributed by atoms with E-state index < -0.39 is 35.6 Å². The molecule has 1 aromatic carbocycles. The summed E-state index contributed by atoms with van der Waals surface area (Å²) in [4.78, 5) is 31.9. The van der Waals surface area contributed by atoms with Crippen LogP contribution in [-0.2, 0) is 17.5 Å². The Morgan fingerprint density at radius 2 is 1.97 bits per heavy atom. The molecule has 0 saturated carbocycles. The highest BCUT2D eigenvalue weighted by Gasteiger charge is 2.31. The molecule has 1 N–H and O–H groups in total. The summed E-state index contributed by atoms with van der Waals surface area (Å²) in [6.45, 7) is 2.88. The number of amides is 1. The molecule has 0 aliphatic carbocycles. The van der Waals surface area contributed by atoms with Gasteiger partial charge in [0.25, 0.3) is 5.56 Å². The highest BCUT2D eigenvalue weighted by Crippen LogP contribution is 2.32. The van der Waals surface area contributed by atoms with E-state index in [1.54, 1.807) is 13.8 Å². The van der Waals surface area contributed by atoms with E-state index in [1.807, 2.05) is 0 Å². The second-order valence-corrected chi connectivity index (χ2v) is 6.53. The third kappa shape index (κ3) is 4.23. The number of aromatic nitrogens is 4. The summed E-state index contributed by atoms with van der Waals surface area (Å²) in [6, 6.07) is 2.82. The van der Waals surface area contributed by atoms with Gasteiger partial charge in [-0.05, 0) is 18.1 Å². The molecule has 0 saturated heterocycles. The van der Waals surface area contributed by atoms with E-state index in [-0.39, 0.29) is 22.5 Å². The van der Waals surface area contributed by atoms with Gasteiger partial charge in [-0.25, -0.2) is 19.0 Å². The third-order valence-corrected chi connectivity index (χ3v) is 4.08. The van der Waals surface area contributed by atoms with Crippen molar-refractivity contribution in [2.75, 3.05) is 5.32 Å². The average molecular weight is 409 g/mol. The summed E-state index contributed by atoms with van der Waals surface area (Å²) in [5, 5.41) is 6.37. The summed E-state index contributed by atoms with van der Waals surface area (Å²) in [7, 11) is 0. The highest BCUT2D eigenvalue weighted by atomic mass is 19.4. The van der Waals surface area contributed by atoms with Crippen LogP contribution < -0.4 is 10.9 Å². The molecule has 0 atom stereocenters. The zero-order valence-electron chi connectivity index (χ0n) is 15.3. The predicted octanol–water partition coefficient (Wildman–Crippen LogP) is 3.11. The van der Waals surface area contributed by atoms with E-state index in [1.165, 1.54) is 6.07 Å². The van der Waals surface area contributed by atoms with E-state index in [2.05, 4.69) is 20.4 Å². The molecule has 0 unspecified atom stereocenters. The summed E-state index contributed by atoms with van der Waals surface area (Å²) >= 11 is 0. The van der Waals surface area contributed by atoms with Crippen LogP contribution in [0.25, 0.3) is 10.8 Å². The lowest BCUT2D eigenvalue weighted by molar-refractivity contribution is -0.137. The first-order valence-corrected chi connectivity index (χ1v) is 8.45. The lowest BCUT2D eigenvalue weighted by atomic mass is 10.0. The molecule has 0 aliphatic rings. The Labute approximate surface area is 161 Å². The number of fused-ring (bicyclic) bond motifs is 1. The van der Waals surface area contributed by atoms with Crippen molar-refractivity contribution in [3.05, 3.63) is 58.2 Å². The van der Waals surface area contributed by atoms with E-state index in [9.17, 15) is 27.2 Å². The van der Waals surface area contributed by atoms with Gasteiger partial charge < -0.3 is 5.32 Å². The molecule has 3 rings (SSSR count). The number of hydrogen-bond acceptors (Lipinski definition) is 5. The van der Waals surface area contributed by atoms with Crippen LogP contribution in [0.2, 0.25) is 0 Å². The molecule has 0 radical (unpaired) electrons. The molecule has 7 nitrogen and oxygen atoms in total. The monoisotopic (exact) mass is 409 g/mol. The molecular weight excluding hydrogens is 394 g/mol. The zero-order valence-corrected chi connectivity index (χ0v) is 15.3. The van der Waals surface area contributed by atoms with Gasteiger partial charge in [-0.2, -0.15) is 18.3 Å². The number of nitrogens with one attached hydrogen (secondary N) is 1. The number of halogens is 4. The van der Waals surface area contributed by atoms with Gasteiger partial charge in [0.15, 0.2) is 11.6 Å². The second-order valence-electron chi connectivity index (χ2n) is 6.53. The first kappa shape index (κ1) is 20.4. The van der Waals surface area contributed by atoms with Crippen molar-refractivity contribution in [1.29, 1.82) is 0 Å². The minimum absolute atomic E-state index is 0.209. The molecule has 2 aromatic heterocycles. The molecule has 0 aliphatic heterocycles. The number of rotatable bonds is 4. The Morgan fingerprint density at radius 3 is 2.59 bits per heavy atom. The molecule has 1 amide bonds. The van der Waals surface area contributed by atoms with Gasteiger partial charge in [-0.3, -0.25) is 9.59 Å². The predicted molar refractivity (Wildman–Crippen MR) is 95.7 cm³/mol. The van der Waals surface area contributed by atoms with Gasteiger partial charge in [-0.1, -0.05) is 19.9 Å². The molecule has 0 spiro atoms. The van der Waals surface area contributed by atoms with Crippen LogP contribution in [0.15, 0.2) is 35.5 Å². The Morgan fingerprint density at radius 1 is 1.24 bits per heavy atom. The van der Waals surface area contributed by atoms with Crippen LogP contribution in [0.1, 0.15) is 31.0 Å². The summed E-state index contributed by atoms with van der Waals surface area (Å²) in [6.07, 6.45) is -2.76. The Balaban J connectivity index is 2.05. The van der Waals surface area contributed by atoms with Crippen molar-refractivity contribution in [2.24, 2.45) is 0 Å². The second kappa shape index (κ2) is 7.57. The maximum Gasteiger partial charge on any atom is 0.416 e. The first-order valence-electron chi connectivity index (χ1n) is 8.45. The SMILES string of the molecule is CC(C)c1nn(CC(=O)Nc2ncncc2F)c(=O)c2cc(C(F)(F)F)ccc12. The Kier molecular flexibility index (Phi) is 5.31. The molecular formula is C18H15F4N5O2. The molecule has 152 valence electrons. The lowest BCUT2D eigenvalue weighted by Gasteiger charge is -2.14. The normalized spacial score (nSPS) is 11.8. The van der Waals surface area contributed by atoms with Crippen molar-refractivity contribution < 1.29 is 22.4 Å². The zero-order chi connectivity index (χ0) is 21.3. The van der Waals surface area contributed by atoms with Gasteiger partial charge in [-0.15, -0.1) is 0 Å². The van der Waals surface area contributed by atoms with Crippen LogP contribution >= 0.6 is 0 Å². The fourth-order valence-electron chi connectivity index (χ4n) is 2.74. The van der Waals surface area contributed by atoms with Gasteiger partial charge >= 0.3 is 6.18 Å². The Hall–Kier alpha value is -3.37. The minimum atomic E-state index is -4.63. The number of carbonyl (C=O) groups excluding carboxylic acids is 1. The van der Waals surface area contributed by atoms with Gasteiger partial charge in [0.05, 0.1) is 22.8 Å². The van der Waals surface area contributed by atoms with E-state index >= 15 is 0 Å². The smallest absolute Gasteiger partial charge is 0.307 e. The van der Waals surface area contributed by atoms with Crippen LogP contribution in [0.4, 0.5) is 23.4 Å². The molecule has 0 bridgehead atoms. The number of carbonyl (C=O) groups is 1. The summed E-state index contributed by atoms with van der Waals surface area (Å²) in [5.41, 5.74) is -1.50. The number of nitrogens with zero attached hydrogens (tertiary/aromatic N) is 4.